The Hall–Kier alpha value is -3.04. The normalized spacial score (nSPS) is 13.0. The zero-order valence-corrected chi connectivity index (χ0v) is 14.9. The van der Waals surface area contributed by atoms with Crippen molar-refractivity contribution < 1.29 is 9.59 Å². The fourth-order valence-electron chi connectivity index (χ4n) is 3.78. The SMILES string of the molecule is Cc1ccc2c(-c3ccsc3)cc3c(c2c1)C(=O)c1ccccc1C3=O. The van der Waals surface area contributed by atoms with Gasteiger partial charge in [-0.1, -0.05) is 48.0 Å². The molecule has 0 unspecified atom stereocenters. The second kappa shape index (κ2) is 5.48. The first-order valence-corrected chi connectivity index (χ1v) is 9.38. The maximum Gasteiger partial charge on any atom is 0.195 e. The van der Waals surface area contributed by atoms with Gasteiger partial charge in [-0.15, -0.1) is 0 Å². The van der Waals surface area contributed by atoms with Crippen LogP contribution in [0.2, 0.25) is 0 Å². The topological polar surface area (TPSA) is 34.1 Å². The van der Waals surface area contributed by atoms with E-state index in [1.165, 1.54) is 0 Å². The first-order valence-electron chi connectivity index (χ1n) is 8.43. The zero-order chi connectivity index (χ0) is 17.8. The Morgan fingerprint density at radius 3 is 2.23 bits per heavy atom. The van der Waals surface area contributed by atoms with Gasteiger partial charge in [-0.2, -0.15) is 11.3 Å². The first-order chi connectivity index (χ1) is 12.6. The van der Waals surface area contributed by atoms with Crippen LogP contribution in [0.1, 0.15) is 37.4 Å². The molecule has 1 aliphatic rings. The van der Waals surface area contributed by atoms with Gasteiger partial charge in [0, 0.05) is 22.3 Å². The summed E-state index contributed by atoms with van der Waals surface area (Å²) in [5, 5.41) is 5.96. The van der Waals surface area contributed by atoms with Gasteiger partial charge < -0.3 is 0 Å². The van der Waals surface area contributed by atoms with Crippen molar-refractivity contribution in [2.45, 2.75) is 6.92 Å². The lowest BCUT2D eigenvalue weighted by Gasteiger charge is -2.21. The highest BCUT2D eigenvalue weighted by Crippen LogP contribution is 2.39. The van der Waals surface area contributed by atoms with Gasteiger partial charge in [0.25, 0.3) is 0 Å². The van der Waals surface area contributed by atoms with Gasteiger partial charge in [-0.25, -0.2) is 0 Å². The third-order valence-corrected chi connectivity index (χ3v) is 5.70. The van der Waals surface area contributed by atoms with E-state index in [1.54, 1.807) is 29.5 Å². The van der Waals surface area contributed by atoms with Crippen molar-refractivity contribution in [2.75, 3.05) is 0 Å². The molecule has 3 heteroatoms. The van der Waals surface area contributed by atoms with Crippen LogP contribution in [-0.2, 0) is 0 Å². The molecular weight excluding hydrogens is 340 g/mol. The van der Waals surface area contributed by atoms with Gasteiger partial charge in [0.05, 0.1) is 0 Å². The average molecular weight is 354 g/mol. The van der Waals surface area contributed by atoms with Crippen molar-refractivity contribution in [1.82, 2.24) is 0 Å². The maximum absolute atomic E-state index is 13.2. The van der Waals surface area contributed by atoms with Crippen molar-refractivity contribution in [1.29, 1.82) is 0 Å². The molecule has 0 spiro atoms. The third kappa shape index (κ3) is 2.04. The number of hydrogen-bond acceptors (Lipinski definition) is 3. The summed E-state index contributed by atoms with van der Waals surface area (Å²) in [5.74, 6) is -0.141. The summed E-state index contributed by atoms with van der Waals surface area (Å²) in [6, 6.07) is 17.2. The minimum atomic E-state index is -0.0740. The molecule has 4 aromatic rings. The number of carbonyl (C=O) groups is 2. The summed E-state index contributed by atoms with van der Waals surface area (Å²) < 4.78 is 0. The van der Waals surface area contributed by atoms with Crippen LogP contribution in [0.3, 0.4) is 0 Å². The second-order valence-corrected chi connectivity index (χ2v) is 7.39. The summed E-state index contributed by atoms with van der Waals surface area (Å²) in [6.45, 7) is 2.01. The predicted octanol–water partition coefficient (Wildman–Crippen LogP) is 5.65. The molecule has 0 aliphatic heterocycles. The lowest BCUT2D eigenvalue weighted by Crippen LogP contribution is -2.21. The highest BCUT2D eigenvalue weighted by molar-refractivity contribution is 7.08. The highest BCUT2D eigenvalue weighted by Gasteiger charge is 2.32. The van der Waals surface area contributed by atoms with Crippen molar-refractivity contribution in [3.63, 3.8) is 0 Å². The van der Waals surface area contributed by atoms with Crippen LogP contribution < -0.4 is 0 Å². The zero-order valence-electron chi connectivity index (χ0n) is 14.1. The molecule has 0 saturated heterocycles. The van der Waals surface area contributed by atoms with E-state index in [9.17, 15) is 9.59 Å². The number of aryl methyl sites for hydroxylation is 1. The standard InChI is InChI=1S/C23H14O2S/c1-13-6-7-15-18(14-8-9-26-12-14)11-20-21(19(15)10-13)23(25)17-5-3-2-4-16(17)22(20)24/h2-12H,1H3. The largest absolute Gasteiger partial charge is 0.289 e. The quantitative estimate of drug-likeness (QED) is 0.390. The maximum atomic E-state index is 13.2. The minimum absolute atomic E-state index is 0.0670. The van der Waals surface area contributed by atoms with E-state index in [1.807, 2.05) is 36.6 Å². The molecule has 0 fully saturated rings. The van der Waals surface area contributed by atoms with E-state index >= 15 is 0 Å². The number of fused-ring (bicyclic) bond motifs is 4. The molecule has 0 saturated carbocycles. The molecule has 2 nitrogen and oxygen atoms in total. The first kappa shape index (κ1) is 15.2. The fourth-order valence-corrected chi connectivity index (χ4v) is 4.43. The van der Waals surface area contributed by atoms with Gasteiger partial charge in [-0.3, -0.25) is 9.59 Å². The Morgan fingerprint density at radius 2 is 1.50 bits per heavy atom. The molecule has 0 N–H and O–H groups in total. The Bertz CT molecular complexity index is 1220. The molecule has 1 heterocycles. The number of ketones is 2. The van der Waals surface area contributed by atoms with Crippen LogP contribution in [-0.4, -0.2) is 11.6 Å². The number of rotatable bonds is 1. The summed E-state index contributed by atoms with van der Waals surface area (Å²) in [5.41, 5.74) is 5.18. The number of hydrogen-bond donors (Lipinski definition) is 0. The smallest absolute Gasteiger partial charge is 0.195 e. The monoisotopic (exact) mass is 354 g/mol. The van der Waals surface area contributed by atoms with E-state index < -0.39 is 0 Å². The summed E-state index contributed by atoms with van der Waals surface area (Å²) in [6.07, 6.45) is 0. The summed E-state index contributed by atoms with van der Waals surface area (Å²) in [4.78, 5) is 26.4. The lowest BCUT2D eigenvalue weighted by atomic mass is 9.79. The molecule has 124 valence electrons. The average Bonchev–Trinajstić information content (AvgIpc) is 3.19. The summed E-state index contributed by atoms with van der Waals surface area (Å²) in [7, 11) is 0. The molecule has 1 aliphatic carbocycles. The Labute approximate surface area is 154 Å². The van der Waals surface area contributed by atoms with E-state index in [0.717, 1.165) is 27.5 Å². The molecule has 5 rings (SSSR count). The number of benzene rings is 3. The van der Waals surface area contributed by atoms with Crippen molar-refractivity contribution >= 4 is 33.7 Å². The lowest BCUT2D eigenvalue weighted by molar-refractivity contribution is 0.0980. The van der Waals surface area contributed by atoms with E-state index in [-0.39, 0.29) is 11.6 Å². The van der Waals surface area contributed by atoms with Crippen LogP contribution in [0.4, 0.5) is 0 Å². The van der Waals surface area contributed by atoms with Gasteiger partial charge in [0.1, 0.15) is 0 Å². The molecule has 0 amide bonds. The highest BCUT2D eigenvalue weighted by atomic mass is 32.1. The molecule has 3 aromatic carbocycles. The van der Waals surface area contributed by atoms with Crippen molar-refractivity contribution in [2.24, 2.45) is 0 Å². The molecular formula is C23H14O2S. The Balaban J connectivity index is 1.94. The van der Waals surface area contributed by atoms with Crippen LogP contribution in [0, 0.1) is 6.92 Å². The number of thiophene rings is 1. The van der Waals surface area contributed by atoms with Crippen molar-refractivity contribution in [3.8, 4) is 11.1 Å². The predicted molar refractivity (Wildman–Crippen MR) is 105 cm³/mol. The molecule has 0 radical (unpaired) electrons. The molecule has 26 heavy (non-hydrogen) atoms. The minimum Gasteiger partial charge on any atom is -0.289 e. The van der Waals surface area contributed by atoms with Crippen molar-refractivity contribution in [3.05, 3.63) is 93.2 Å². The van der Waals surface area contributed by atoms with Gasteiger partial charge >= 0.3 is 0 Å². The second-order valence-electron chi connectivity index (χ2n) is 6.61. The van der Waals surface area contributed by atoms with Gasteiger partial charge in [-0.05, 0) is 51.7 Å². The Morgan fingerprint density at radius 1 is 0.731 bits per heavy atom. The van der Waals surface area contributed by atoms with Gasteiger partial charge in [0.2, 0.25) is 0 Å². The van der Waals surface area contributed by atoms with Crippen LogP contribution in [0.15, 0.2) is 65.4 Å². The van der Waals surface area contributed by atoms with E-state index in [4.69, 9.17) is 0 Å². The van der Waals surface area contributed by atoms with Crippen LogP contribution >= 0.6 is 11.3 Å². The van der Waals surface area contributed by atoms with Gasteiger partial charge in [0.15, 0.2) is 11.6 Å². The molecule has 1 aromatic heterocycles. The number of carbonyl (C=O) groups excluding carboxylic acids is 2. The summed E-state index contributed by atoms with van der Waals surface area (Å²) >= 11 is 1.62. The van der Waals surface area contributed by atoms with E-state index in [2.05, 4.69) is 17.5 Å². The van der Waals surface area contributed by atoms with E-state index in [0.29, 0.717) is 22.3 Å². The van der Waals surface area contributed by atoms with Crippen LogP contribution in [0.25, 0.3) is 21.9 Å². The molecule has 0 atom stereocenters. The Kier molecular flexibility index (Phi) is 3.21. The fraction of sp³-hybridized carbons (Fsp3) is 0.0435. The third-order valence-electron chi connectivity index (χ3n) is 5.01. The molecule has 0 bridgehead atoms. The van der Waals surface area contributed by atoms with Crippen LogP contribution in [0.5, 0.6) is 0 Å².